The Morgan fingerprint density at radius 3 is 2.47 bits per heavy atom. The van der Waals surface area contributed by atoms with Gasteiger partial charge in [0.2, 0.25) is 0 Å². The molecule has 0 radical (unpaired) electrons. The summed E-state index contributed by atoms with van der Waals surface area (Å²) in [5.41, 5.74) is 0. The summed E-state index contributed by atoms with van der Waals surface area (Å²) in [6.45, 7) is 0.907. The summed E-state index contributed by atoms with van der Waals surface area (Å²) in [7, 11) is 0. The van der Waals surface area contributed by atoms with Gasteiger partial charge in [0.1, 0.15) is 0 Å². The maximum absolute atomic E-state index is 12.0. The van der Waals surface area contributed by atoms with Crippen molar-refractivity contribution in [1.29, 1.82) is 0 Å². The first-order valence-corrected chi connectivity index (χ1v) is 8.34. The summed E-state index contributed by atoms with van der Waals surface area (Å²) in [5, 5.41) is 6.42. The minimum atomic E-state index is 0.112. The summed E-state index contributed by atoms with van der Waals surface area (Å²) < 4.78 is 0. The van der Waals surface area contributed by atoms with Crippen LogP contribution in [0.4, 0.5) is 4.79 Å². The molecule has 104 valence electrons. The Hall–Kier alpha value is -0.730. The van der Waals surface area contributed by atoms with E-state index in [2.05, 4.69) is 10.6 Å². The van der Waals surface area contributed by atoms with Crippen molar-refractivity contribution in [1.82, 2.24) is 10.6 Å². The van der Waals surface area contributed by atoms with E-state index in [9.17, 15) is 4.79 Å². The smallest absolute Gasteiger partial charge is 0.315 e. The number of nitrogens with one attached hydrogen (secondary N) is 2. The Kier molecular flexibility index (Phi) is 2.13. The van der Waals surface area contributed by atoms with Crippen molar-refractivity contribution < 1.29 is 4.79 Å². The highest BCUT2D eigenvalue weighted by Crippen LogP contribution is 2.70. The molecule has 0 aromatic rings. The average Bonchev–Trinajstić information content (AvgIpc) is 3.19. The van der Waals surface area contributed by atoms with Gasteiger partial charge in [0.15, 0.2) is 0 Å². The molecule has 6 aliphatic carbocycles. The van der Waals surface area contributed by atoms with Crippen LogP contribution in [0, 0.1) is 41.4 Å². The van der Waals surface area contributed by atoms with Crippen molar-refractivity contribution in [3.05, 3.63) is 0 Å². The fourth-order valence-corrected chi connectivity index (χ4v) is 5.86. The Morgan fingerprint density at radius 2 is 1.79 bits per heavy atom. The van der Waals surface area contributed by atoms with Gasteiger partial charge in [-0.3, -0.25) is 0 Å². The van der Waals surface area contributed by atoms with Gasteiger partial charge in [-0.2, -0.15) is 0 Å². The molecule has 0 saturated heterocycles. The quantitative estimate of drug-likeness (QED) is 0.803. The number of hydrogen-bond acceptors (Lipinski definition) is 1. The van der Waals surface area contributed by atoms with Crippen molar-refractivity contribution >= 4 is 6.03 Å². The summed E-state index contributed by atoms with van der Waals surface area (Å²) >= 11 is 0. The third-order valence-corrected chi connectivity index (χ3v) is 6.97. The van der Waals surface area contributed by atoms with E-state index in [-0.39, 0.29) is 6.03 Å². The zero-order valence-corrected chi connectivity index (χ0v) is 11.5. The minimum Gasteiger partial charge on any atom is -0.338 e. The van der Waals surface area contributed by atoms with Crippen LogP contribution in [0.3, 0.4) is 0 Å². The average molecular weight is 260 g/mol. The topological polar surface area (TPSA) is 41.1 Å². The molecule has 6 fully saturated rings. The van der Waals surface area contributed by atoms with Crippen LogP contribution in [0.2, 0.25) is 0 Å². The maximum Gasteiger partial charge on any atom is 0.315 e. The van der Waals surface area contributed by atoms with E-state index in [1.807, 2.05) is 0 Å². The van der Waals surface area contributed by atoms with Crippen LogP contribution in [-0.4, -0.2) is 18.6 Å². The van der Waals surface area contributed by atoms with Crippen molar-refractivity contribution in [2.24, 2.45) is 41.4 Å². The van der Waals surface area contributed by atoms with E-state index in [1.165, 1.54) is 38.5 Å². The first kappa shape index (κ1) is 11.0. The molecule has 6 unspecified atom stereocenters. The number of rotatable bonds is 3. The van der Waals surface area contributed by atoms with Gasteiger partial charge in [-0.25, -0.2) is 4.79 Å². The molecule has 6 rings (SSSR count). The van der Waals surface area contributed by atoms with Gasteiger partial charge in [-0.05, 0) is 80.0 Å². The molecule has 6 aliphatic rings. The van der Waals surface area contributed by atoms with E-state index < -0.39 is 0 Å². The van der Waals surface area contributed by atoms with Gasteiger partial charge < -0.3 is 10.6 Å². The van der Waals surface area contributed by atoms with Crippen LogP contribution in [0.15, 0.2) is 0 Å². The van der Waals surface area contributed by atoms with E-state index in [0.717, 1.165) is 48.0 Å². The molecule has 0 aromatic carbocycles. The highest BCUT2D eigenvalue weighted by Gasteiger charge is 2.68. The number of urea groups is 1. The molecule has 0 heterocycles. The zero-order valence-electron chi connectivity index (χ0n) is 11.5. The molecule has 3 nitrogen and oxygen atoms in total. The Morgan fingerprint density at radius 1 is 0.947 bits per heavy atom. The molecule has 0 aliphatic heterocycles. The van der Waals surface area contributed by atoms with Crippen molar-refractivity contribution in [2.45, 2.75) is 44.6 Å². The van der Waals surface area contributed by atoms with E-state index in [4.69, 9.17) is 0 Å². The number of carbonyl (C=O) groups is 1. The van der Waals surface area contributed by atoms with Crippen LogP contribution in [-0.2, 0) is 0 Å². The Labute approximate surface area is 114 Å². The molecule has 3 heteroatoms. The van der Waals surface area contributed by atoms with Gasteiger partial charge in [0.25, 0.3) is 0 Å². The van der Waals surface area contributed by atoms with Gasteiger partial charge >= 0.3 is 6.03 Å². The lowest BCUT2D eigenvalue weighted by Crippen LogP contribution is -2.45. The van der Waals surface area contributed by atoms with E-state index in [1.54, 1.807) is 0 Å². The first-order chi connectivity index (χ1) is 9.29. The second-order valence-corrected chi connectivity index (χ2v) is 7.95. The van der Waals surface area contributed by atoms with E-state index >= 15 is 0 Å². The number of carbonyl (C=O) groups excluding carboxylic acids is 1. The van der Waals surface area contributed by atoms with E-state index in [0.29, 0.717) is 6.04 Å². The number of amides is 2. The van der Waals surface area contributed by atoms with Gasteiger partial charge in [-0.1, -0.05) is 0 Å². The summed E-state index contributed by atoms with van der Waals surface area (Å²) in [4.78, 5) is 12.0. The lowest BCUT2D eigenvalue weighted by molar-refractivity contribution is 0.229. The predicted molar refractivity (Wildman–Crippen MR) is 72.5 cm³/mol. The molecular formula is C16H24N2O. The summed E-state index contributed by atoms with van der Waals surface area (Å²) in [6, 6.07) is 0.635. The molecule has 4 bridgehead atoms. The first-order valence-electron chi connectivity index (χ1n) is 8.34. The van der Waals surface area contributed by atoms with Gasteiger partial charge in [-0.15, -0.1) is 0 Å². The number of hydrogen-bond donors (Lipinski definition) is 2. The van der Waals surface area contributed by atoms with Crippen molar-refractivity contribution in [2.75, 3.05) is 6.54 Å². The van der Waals surface area contributed by atoms with Gasteiger partial charge in [0.05, 0.1) is 0 Å². The lowest BCUT2D eigenvalue weighted by atomic mass is 9.89. The highest BCUT2D eigenvalue weighted by molar-refractivity contribution is 5.74. The fourth-order valence-electron chi connectivity index (χ4n) is 5.86. The molecule has 2 N–H and O–H groups in total. The maximum atomic E-state index is 12.0. The second-order valence-electron chi connectivity index (χ2n) is 7.95. The molecule has 6 saturated carbocycles. The molecule has 19 heavy (non-hydrogen) atoms. The zero-order chi connectivity index (χ0) is 12.6. The van der Waals surface area contributed by atoms with Crippen LogP contribution >= 0.6 is 0 Å². The second kappa shape index (κ2) is 3.67. The lowest BCUT2D eigenvalue weighted by Gasteiger charge is -2.23. The third kappa shape index (κ3) is 1.66. The van der Waals surface area contributed by atoms with Crippen LogP contribution < -0.4 is 10.6 Å². The minimum absolute atomic E-state index is 0.112. The molecule has 2 amide bonds. The highest BCUT2D eigenvalue weighted by atomic mass is 16.2. The Bertz CT molecular complexity index is 409. The fraction of sp³-hybridized carbons (Fsp3) is 0.938. The molecular weight excluding hydrogens is 236 g/mol. The predicted octanol–water partition coefficient (Wildman–Crippen LogP) is 2.38. The Balaban J connectivity index is 1.10. The summed E-state index contributed by atoms with van der Waals surface area (Å²) in [6.07, 6.45) is 8.37. The SMILES string of the molecule is O=C(NCC1CCC2CC2C1)NC1C2CC3C(C2)C31. The van der Waals surface area contributed by atoms with Crippen molar-refractivity contribution in [3.8, 4) is 0 Å². The monoisotopic (exact) mass is 260 g/mol. The van der Waals surface area contributed by atoms with Crippen LogP contribution in [0.25, 0.3) is 0 Å². The standard InChI is InChI=1S/C16H24N2O/c19-16(17-7-8-1-2-9-4-10(9)3-8)18-15-11-5-12-13(6-11)14(12)15/h8-15H,1-7H2,(H2,17,18,19). The van der Waals surface area contributed by atoms with Crippen molar-refractivity contribution in [3.63, 3.8) is 0 Å². The van der Waals surface area contributed by atoms with Crippen LogP contribution in [0.1, 0.15) is 38.5 Å². The normalized spacial score (nSPS) is 55.6. The largest absolute Gasteiger partial charge is 0.338 e. The molecule has 0 spiro atoms. The van der Waals surface area contributed by atoms with Crippen LogP contribution in [0.5, 0.6) is 0 Å². The van der Waals surface area contributed by atoms with Gasteiger partial charge in [0, 0.05) is 12.6 Å². The molecule has 6 atom stereocenters. The number of fused-ring (bicyclic) bond motifs is 1. The molecule has 0 aromatic heterocycles. The summed E-state index contributed by atoms with van der Waals surface area (Å²) in [5.74, 6) is 6.46. The third-order valence-electron chi connectivity index (χ3n) is 6.97.